The standard InChI is InChI=1S/C17H23N3O2S/c1-3-8-19-9-11-20(12-10-19)16(22)17(2)15(21)18-13-6-4-5-7-14(13)23-17/h4-7H,3,8-12H2,1-2H3,(H,18,21). The van der Waals surface area contributed by atoms with Crippen molar-refractivity contribution >= 4 is 29.3 Å². The molecule has 0 spiro atoms. The highest BCUT2D eigenvalue weighted by molar-refractivity contribution is 8.02. The number of hydrogen-bond donors (Lipinski definition) is 1. The third-order valence-corrected chi connectivity index (χ3v) is 5.83. The van der Waals surface area contributed by atoms with Gasteiger partial charge in [-0.25, -0.2) is 0 Å². The Labute approximate surface area is 141 Å². The van der Waals surface area contributed by atoms with E-state index in [0.29, 0.717) is 13.1 Å². The number of benzene rings is 1. The van der Waals surface area contributed by atoms with Crippen LogP contribution < -0.4 is 5.32 Å². The van der Waals surface area contributed by atoms with Gasteiger partial charge in [0.05, 0.1) is 5.69 Å². The van der Waals surface area contributed by atoms with Crippen LogP contribution in [-0.2, 0) is 9.59 Å². The van der Waals surface area contributed by atoms with E-state index in [-0.39, 0.29) is 11.8 Å². The van der Waals surface area contributed by atoms with E-state index in [9.17, 15) is 9.59 Å². The van der Waals surface area contributed by atoms with Gasteiger partial charge in [-0.1, -0.05) is 30.8 Å². The second kappa shape index (κ2) is 6.53. The molecule has 2 aliphatic heterocycles. The summed E-state index contributed by atoms with van der Waals surface area (Å²) < 4.78 is -1.08. The van der Waals surface area contributed by atoms with Crippen LogP contribution in [0.25, 0.3) is 0 Å². The van der Waals surface area contributed by atoms with Gasteiger partial charge in [0.2, 0.25) is 11.8 Å². The maximum absolute atomic E-state index is 13.0. The molecule has 1 N–H and O–H groups in total. The zero-order valence-electron chi connectivity index (χ0n) is 13.7. The van der Waals surface area contributed by atoms with Crippen LogP contribution in [0.15, 0.2) is 29.2 Å². The molecule has 1 aromatic rings. The second-order valence-electron chi connectivity index (χ2n) is 6.22. The zero-order valence-corrected chi connectivity index (χ0v) is 14.5. The maximum atomic E-state index is 13.0. The molecule has 3 rings (SSSR count). The molecule has 5 nitrogen and oxygen atoms in total. The van der Waals surface area contributed by atoms with Crippen LogP contribution in [0.2, 0.25) is 0 Å². The Kier molecular flexibility index (Phi) is 4.64. The number of hydrogen-bond acceptors (Lipinski definition) is 4. The van der Waals surface area contributed by atoms with Crippen molar-refractivity contribution in [2.45, 2.75) is 29.9 Å². The molecule has 23 heavy (non-hydrogen) atoms. The van der Waals surface area contributed by atoms with Gasteiger partial charge < -0.3 is 10.2 Å². The summed E-state index contributed by atoms with van der Waals surface area (Å²) >= 11 is 1.36. The summed E-state index contributed by atoms with van der Waals surface area (Å²) in [5, 5.41) is 2.88. The number of piperazine rings is 1. The molecule has 0 aromatic heterocycles. The third kappa shape index (κ3) is 3.10. The SMILES string of the molecule is CCCN1CCN(C(=O)C2(C)Sc3ccccc3NC2=O)CC1. The van der Waals surface area contributed by atoms with Crippen molar-refractivity contribution in [1.29, 1.82) is 0 Å². The van der Waals surface area contributed by atoms with Crippen molar-refractivity contribution < 1.29 is 9.59 Å². The topological polar surface area (TPSA) is 52.6 Å². The average Bonchev–Trinajstić information content (AvgIpc) is 2.56. The van der Waals surface area contributed by atoms with Gasteiger partial charge in [0, 0.05) is 31.1 Å². The number of carbonyl (C=O) groups is 2. The van der Waals surface area contributed by atoms with E-state index in [2.05, 4.69) is 17.1 Å². The third-order valence-electron chi connectivity index (χ3n) is 4.49. The monoisotopic (exact) mass is 333 g/mol. The van der Waals surface area contributed by atoms with Crippen molar-refractivity contribution in [3.8, 4) is 0 Å². The summed E-state index contributed by atoms with van der Waals surface area (Å²) in [5.74, 6) is -0.298. The number of thioether (sulfide) groups is 1. The van der Waals surface area contributed by atoms with Gasteiger partial charge in [0.25, 0.3) is 0 Å². The first-order valence-electron chi connectivity index (χ1n) is 8.16. The van der Waals surface area contributed by atoms with Gasteiger partial charge in [-0.15, -0.1) is 0 Å². The van der Waals surface area contributed by atoms with Crippen LogP contribution in [0.5, 0.6) is 0 Å². The molecule has 1 unspecified atom stereocenters. The van der Waals surface area contributed by atoms with Crippen LogP contribution in [0.1, 0.15) is 20.3 Å². The van der Waals surface area contributed by atoms with E-state index in [1.54, 1.807) is 6.92 Å². The highest BCUT2D eigenvalue weighted by atomic mass is 32.2. The highest BCUT2D eigenvalue weighted by Crippen LogP contribution is 2.43. The van der Waals surface area contributed by atoms with Gasteiger partial charge in [0.15, 0.2) is 4.75 Å². The molecule has 2 heterocycles. The van der Waals surface area contributed by atoms with Crippen LogP contribution in [0, 0.1) is 0 Å². The number of rotatable bonds is 3. The maximum Gasteiger partial charge on any atom is 0.250 e. The molecule has 1 saturated heterocycles. The van der Waals surface area contributed by atoms with Gasteiger partial charge in [0.1, 0.15) is 0 Å². The lowest BCUT2D eigenvalue weighted by molar-refractivity contribution is -0.139. The number of nitrogens with one attached hydrogen (secondary N) is 1. The summed E-state index contributed by atoms with van der Waals surface area (Å²) in [4.78, 5) is 30.7. The highest BCUT2D eigenvalue weighted by Gasteiger charge is 2.48. The van der Waals surface area contributed by atoms with Gasteiger partial charge >= 0.3 is 0 Å². The first kappa shape index (κ1) is 16.3. The average molecular weight is 333 g/mol. The summed E-state index contributed by atoms with van der Waals surface area (Å²) in [6.45, 7) is 8.15. The fourth-order valence-corrected chi connectivity index (χ4v) is 4.28. The van der Waals surface area contributed by atoms with Crippen molar-refractivity contribution in [3.63, 3.8) is 0 Å². The Morgan fingerprint density at radius 1 is 1.26 bits per heavy atom. The van der Waals surface area contributed by atoms with Crippen molar-refractivity contribution in [2.75, 3.05) is 38.0 Å². The molecule has 2 amide bonds. The Morgan fingerprint density at radius 2 is 1.96 bits per heavy atom. The first-order chi connectivity index (χ1) is 11.0. The molecular weight excluding hydrogens is 310 g/mol. The van der Waals surface area contributed by atoms with E-state index >= 15 is 0 Å². The number of para-hydroxylation sites is 1. The minimum atomic E-state index is -1.08. The molecule has 0 bridgehead atoms. The van der Waals surface area contributed by atoms with Gasteiger partial charge in [-0.2, -0.15) is 0 Å². The van der Waals surface area contributed by atoms with E-state index < -0.39 is 4.75 Å². The van der Waals surface area contributed by atoms with Crippen molar-refractivity contribution in [3.05, 3.63) is 24.3 Å². The quantitative estimate of drug-likeness (QED) is 0.860. The van der Waals surface area contributed by atoms with E-state index in [1.807, 2.05) is 29.2 Å². The Bertz CT molecular complexity index is 614. The summed E-state index contributed by atoms with van der Waals surface area (Å²) in [7, 11) is 0. The van der Waals surface area contributed by atoms with Crippen LogP contribution in [-0.4, -0.2) is 59.1 Å². The molecule has 124 valence electrons. The van der Waals surface area contributed by atoms with Crippen LogP contribution in [0.3, 0.4) is 0 Å². The number of amides is 2. The number of fused-ring (bicyclic) bond motifs is 1. The van der Waals surface area contributed by atoms with Crippen molar-refractivity contribution in [1.82, 2.24) is 9.80 Å². The molecule has 0 radical (unpaired) electrons. The fraction of sp³-hybridized carbons (Fsp3) is 0.529. The lowest BCUT2D eigenvalue weighted by Gasteiger charge is -2.40. The minimum Gasteiger partial charge on any atom is -0.338 e. The molecule has 1 fully saturated rings. The summed E-state index contributed by atoms with van der Waals surface area (Å²) in [5.41, 5.74) is 0.792. The lowest BCUT2D eigenvalue weighted by Crippen LogP contribution is -2.58. The zero-order chi connectivity index (χ0) is 16.4. The second-order valence-corrected chi connectivity index (χ2v) is 7.68. The van der Waals surface area contributed by atoms with Crippen LogP contribution >= 0.6 is 11.8 Å². The molecular formula is C17H23N3O2S. The minimum absolute atomic E-state index is 0.0781. The Balaban J connectivity index is 1.73. The van der Waals surface area contributed by atoms with Gasteiger partial charge in [-0.3, -0.25) is 14.5 Å². The molecule has 1 atom stereocenters. The Morgan fingerprint density at radius 3 is 2.65 bits per heavy atom. The molecule has 1 aromatic carbocycles. The Hall–Kier alpha value is -1.53. The number of anilines is 1. The molecule has 6 heteroatoms. The van der Waals surface area contributed by atoms with E-state index in [1.165, 1.54) is 11.8 Å². The fourth-order valence-electron chi connectivity index (χ4n) is 3.10. The normalized spacial score (nSPS) is 25.0. The molecule has 2 aliphatic rings. The van der Waals surface area contributed by atoms with E-state index in [4.69, 9.17) is 0 Å². The first-order valence-corrected chi connectivity index (χ1v) is 8.97. The lowest BCUT2D eigenvalue weighted by atomic mass is 10.1. The van der Waals surface area contributed by atoms with Gasteiger partial charge in [-0.05, 0) is 32.0 Å². The predicted octanol–water partition coefficient (Wildman–Crippen LogP) is 2.04. The molecule has 0 saturated carbocycles. The van der Waals surface area contributed by atoms with Crippen molar-refractivity contribution in [2.24, 2.45) is 0 Å². The largest absolute Gasteiger partial charge is 0.338 e. The van der Waals surface area contributed by atoms with E-state index in [0.717, 1.165) is 36.6 Å². The smallest absolute Gasteiger partial charge is 0.250 e. The number of carbonyl (C=O) groups excluding carboxylic acids is 2. The van der Waals surface area contributed by atoms with Crippen LogP contribution in [0.4, 0.5) is 5.69 Å². The molecule has 0 aliphatic carbocycles. The summed E-state index contributed by atoms with van der Waals surface area (Å²) in [6.07, 6.45) is 1.13. The summed E-state index contributed by atoms with van der Waals surface area (Å²) in [6, 6.07) is 7.63. The predicted molar refractivity (Wildman–Crippen MR) is 92.6 cm³/mol. The number of nitrogens with zero attached hydrogens (tertiary/aromatic N) is 2.